The Kier molecular flexibility index (Phi) is 7.74. The molecule has 1 rings (SSSR count). The molecule has 1 unspecified atom stereocenters. The Balaban J connectivity index is 2.44. The van der Waals surface area contributed by atoms with Crippen molar-refractivity contribution in [1.82, 2.24) is 5.32 Å². The van der Waals surface area contributed by atoms with Gasteiger partial charge in [-0.15, -0.1) is 0 Å². The lowest BCUT2D eigenvalue weighted by molar-refractivity contribution is 0.484. The fraction of sp³-hybridized carbons (Fsp3) is 0.571. The van der Waals surface area contributed by atoms with E-state index in [0.717, 1.165) is 23.9 Å². The third-order valence-corrected chi connectivity index (χ3v) is 3.99. The predicted molar refractivity (Wildman–Crippen MR) is 80.2 cm³/mol. The van der Waals surface area contributed by atoms with Crippen LogP contribution in [0.15, 0.2) is 24.3 Å². The molecule has 0 spiro atoms. The first kappa shape index (κ1) is 14.9. The fourth-order valence-corrected chi connectivity index (χ4v) is 2.83. The van der Waals surface area contributed by atoms with Crippen molar-refractivity contribution in [2.24, 2.45) is 5.92 Å². The molecule has 1 nitrogen and oxygen atoms in total. The summed E-state index contributed by atoms with van der Waals surface area (Å²) < 4.78 is 0. The van der Waals surface area contributed by atoms with Crippen LogP contribution in [0, 0.1) is 5.92 Å². The van der Waals surface area contributed by atoms with Crippen LogP contribution in [0.5, 0.6) is 0 Å². The largest absolute Gasteiger partial charge is 0.319 e. The van der Waals surface area contributed by atoms with Gasteiger partial charge in [-0.25, -0.2) is 0 Å². The minimum Gasteiger partial charge on any atom is -0.319 e. The normalized spacial score (nSPS) is 12.6. The lowest BCUT2D eigenvalue weighted by atomic mass is 9.97. The summed E-state index contributed by atoms with van der Waals surface area (Å²) in [5.74, 6) is 3.20. The molecule has 0 aromatic heterocycles. The molecule has 0 aliphatic rings. The van der Waals surface area contributed by atoms with E-state index in [2.05, 4.69) is 24.4 Å². The number of nitrogens with one attached hydrogen (secondary N) is 1. The first-order chi connectivity index (χ1) is 8.26. The van der Waals surface area contributed by atoms with Crippen molar-refractivity contribution in [2.45, 2.75) is 19.8 Å². The highest BCUT2D eigenvalue weighted by Gasteiger charge is 2.08. The topological polar surface area (TPSA) is 12.0 Å². The third kappa shape index (κ3) is 6.35. The minimum absolute atomic E-state index is 0.722. The summed E-state index contributed by atoms with van der Waals surface area (Å²) in [6.07, 6.45) is 2.42. The van der Waals surface area contributed by atoms with Gasteiger partial charge in [-0.3, -0.25) is 0 Å². The number of benzene rings is 1. The van der Waals surface area contributed by atoms with Gasteiger partial charge in [-0.05, 0) is 61.6 Å². The Morgan fingerprint density at radius 1 is 1.29 bits per heavy atom. The maximum Gasteiger partial charge on any atom is 0.0406 e. The van der Waals surface area contributed by atoms with E-state index in [9.17, 15) is 0 Å². The van der Waals surface area contributed by atoms with Crippen molar-refractivity contribution >= 4 is 23.4 Å². The van der Waals surface area contributed by atoms with Gasteiger partial charge in [0.25, 0.3) is 0 Å². The zero-order valence-electron chi connectivity index (χ0n) is 10.7. The molecular formula is C14H22ClNS. The highest BCUT2D eigenvalue weighted by Crippen LogP contribution is 2.17. The van der Waals surface area contributed by atoms with Gasteiger partial charge in [-0.1, -0.05) is 30.7 Å². The molecule has 96 valence electrons. The Morgan fingerprint density at radius 2 is 2.00 bits per heavy atom. The molecule has 0 saturated heterocycles. The lowest BCUT2D eigenvalue weighted by Gasteiger charge is -2.16. The van der Waals surface area contributed by atoms with Gasteiger partial charge in [0.2, 0.25) is 0 Å². The first-order valence-electron chi connectivity index (χ1n) is 6.23. The molecule has 0 aliphatic heterocycles. The Morgan fingerprint density at radius 3 is 2.59 bits per heavy atom. The zero-order chi connectivity index (χ0) is 12.5. The highest BCUT2D eigenvalue weighted by atomic mass is 35.5. The Hall–Kier alpha value is -0.180. The van der Waals surface area contributed by atoms with Crippen molar-refractivity contribution in [3.63, 3.8) is 0 Å². The van der Waals surface area contributed by atoms with Crippen molar-refractivity contribution in [1.29, 1.82) is 0 Å². The van der Waals surface area contributed by atoms with Gasteiger partial charge in [0.1, 0.15) is 0 Å². The van der Waals surface area contributed by atoms with Crippen LogP contribution in [0.1, 0.15) is 18.9 Å². The van der Waals surface area contributed by atoms with E-state index < -0.39 is 0 Å². The molecule has 1 aromatic carbocycles. The van der Waals surface area contributed by atoms with Gasteiger partial charge in [0.15, 0.2) is 0 Å². The molecular weight excluding hydrogens is 250 g/mol. The van der Waals surface area contributed by atoms with Crippen molar-refractivity contribution < 1.29 is 0 Å². The second kappa shape index (κ2) is 8.84. The summed E-state index contributed by atoms with van der Waals surface area (Å²) in [5, 5.41) is 4.11. The standard InChI is InChI=1S/C14H22ClNS/c1-3-17-9-8-13(11-16-2)10-12-4-6-14(15)7-5-12/h4-7,13,16H,3,8-11H2,1-2H3. The third-order valence-electron chi connectivity index (χ3n) is 2.80. The van der Waals surface area contributed by atoms with Crippen LogP contribution < -0.4 is 5.32 Å². The Bertz CT molecular complexity index is 300. The van der Waals surface area contributed by atoms with Crippen molar-refractivity contribution in [3.05, 3.63) is 34.9 Å². The number of hydrogen-bond donors (Lipinski definition) is 1. The number of thioether (sulfide) groups is 1. The van der Waals surface area contributed by atoms with E-state index in [0.29, 0.717) is 0 Å². The molecule has 1 atom stereocenters. The molecule has 0 amide bonds. The molecule has 3 heteroatoms. The van der Waals surface area contributed by atoms with Gasteiger partial charge in [0.05, 0.1) is 0 Å². The molecule has 0 bridgehead atoms. The molecule has 0 heterocycles. The average Bonchev–Trinajstić information content (AvgIpc) is 2.32. The van der Waals surface area contributed by atoms with Gasteiger partial charge >= 0.3 is 0 Å². The second-order valence-corrected chi connectivity index (χ2v) is 6.07. The van der Waals surface area contributed by atoms with Crippen molar-refractivity contribution in [3.8, 4) is 0 Å². The highest BCUT2D eigenvalue weighted by molar-refractivity contribution is 7.99. The number of rotatable bonds is 8. The van der Waals surface area contributed by atoms with Gasteiger partial charge in [-0.2, -0.15) is 11.8 Å². The van der Waals surface area contributed by atoms with E-state index in [4.69, 9.17) is 11.6 Å². The smallest absolute Gasteiger partial charge is 0.0406 e. The molecule has 0 saturated carbocycles. The zero-order valence-corrected chi connectivity index (χ0v) is 12.3. The average molecular weight is 272 g/mol. The lowest BCUT2D eigenvalue weighted by Crippen LogP contribution is -2.21. The van der Waals surface area contributed by atoms with Gasteiger partial charge in [0, 0.05) is 5.02 Å². The number of hydrogen-bond acceptors (Lipinski definition) is 2. The van der Waals surface area contributed by atoms with E-state index >= 15 is 0 Å². The van der Waals surface area contributed by atoms with Gasteiger partial charge < -0.3 is 5.32 Å². The summed E-state index contributed by atoms with van der Waals surface area (Å²) >= 11 is 7.92. The van der Waals surface area contributed by atoms with Crippen molar-refractivity contribution in [2.75, 3.05) is 25.1 Å². The molecule has 0 radical (unpaired) electrons. The van der Waals surface area contributed by atoms with E-state index in [1.165, 1.54) is 23.5 Å². The molecule has 0 fully saturated rings. The second-order valence-electron chi connectivity index (χ2n) is 4.24. The number of halogens is 1. The summed E-state index contributed by atoms with van der Waals surface area (Å²) in [7, 11) is 2.03. The molecule has 0 aliphatic carbocycles. The quantitative estimate of drug-likeness (QED) is 0.721. The van der Waals surface area contributed by atoms with Crippen LogP contribution in [-0.2, 0) is 6.42 Å². The molecule has 1 aromatic rings. The summed E-state index contributed by atoms with van der Waals surface area (Å²) in [4.78, 5) is 0. The summed E-state index contributed by atoms with van der Waals surface area (Å²) in [6.45, 7) is 3.31. The summed E-state index contributed by atoms with van der Waals surface area (Å²) in [6, 6.07) is 8.23. The minimum atomic E-state index is 0.722. The predicted octanol–water partition coefficient (Wildman–Crippen LogP) is 3.86. The van der Waals surface area contributed by atoms with Crippen LogP contribution >= 0.6 is 23.4 Å². The molecule has 17 heavy (non-hydrogen) atoms. The fourth-order valence-electron chi connectivity index (χ4n) is 1.91. The monoisotopic (exact) mass is 271 g/mol. The molecule has 1 N–H and O–H groups in total. The van der Waals surface area contributed by atoms with Crippen LogP contribution in [0.3, 0.4) is 0 Å². The van der Waals surface area contributed by atoms with E-state index in [1.807, 2.05) is 30.9 Å². The van der Waals surface area contributed by atoms with Crippen LogP contribution in [0.25, 0.3) is 0 Å². The van der Waals surface area contributed by atoms with E-state index in [1.54, 1.807) is 0 Å². The SMILES string of the molecule is CCSCCC(CNC)Cc1ccc(Cl)cc1. The first-order valence-corrected chi connectivity index (χ1v) is 7.76. The summed E-state index contributed by atoms with van der Waals surface area (Å²) in [5.41, 5.74) is 1.39. The van der Waals surface area contributed by atoms with Crippen LogP contribution in [-0.4, -0.2) is 25.1 Å². The Labute approximate surface area is 114 Å². The van der Waals surface area contributed by atoms with E-state index in [-0.39, 0.29) is 0 Å². The maximum absolute atomic E-state index is 5.90. The van der Waals surface area contributed by atoms with Crippen LogP contribution in [0.2, 0.25) is 5.02 Å². The van der Waals surface area contributed by atoms with Crippen LogP contribution in [0.4, 0.5) is 0 Å². The maximum atomic E-state index is 5.90.